The largest absolute Gasteiger partial charge is 0.527 e. The number of rotatable bonds is 16. The maximum absolute atomic E-state index is 14.1. The van der Waals surface area contributed by atoms with Gasteiger partial charge in [-0.05, 0) is 72.6 Å². The molecule has 0 bridgehead atoms. The second-order valence-corrected chi connectivity index (χ2v) is 17.5. The van der Waals surface area contributed by atoms with Crippen molar-refractivity contribution in [3.05, 3.63) is 95.9 Å². The number of alkyl carbamates (subject to hydrolysis) is 2. The molecule has 2 saturated heterocycles. The van der Waals surface area contributed by atoms with Crippen LogP contribution in [0.3, 0.4) is 0 Å². The van der Waals surface area contributed by atoms with Crippen molar-refractivity contribution in [2.45, 2.75) is 75.3 Å². The molecule has 20 heteroatoms. The summed E-state index contributed by atoms with van der Waals surface area (Å²) in [7, 11) is 0.797. The zero-order valence-corrected chi connectivity index (χ0v) is 37.8. The minimum atomic E-state index is -4.25. The van der Waals surface area contributed by atoms with Gasteiger partial charge in [0.25, 0.3) is 0 Å². The van der Waals surface area contributed by atoms with Crippen LogP contribution in [-0.4, -0.2) is 127 Å². The maximum Gasteiger partial charge on any atom is 0.527 e. The normalized spacial score (nSPS) is 20.5. The van der Waals surface area contributed by atoms with Gasteiger partial charge in [-0.2, -0.15) is 0 Å². The van der Waals surface area contributed by atoms with E-state index in [1.165, 1.54) is 33.5 Å². The van der Waals surface area contributed by atoms with Crippen molar-refractivity contribution in [1.82, 2.24) is 35.7 Å². The van der Waals surface area contributed by atoms with Crippen LogP contribution in [0.15, 0.2) is 84.0 Å². The number of benzene rings is 3. The number of carbonyl (C=O) groups is 4. The third-order valence-corrected chi connectivity index (χ3v) is 13.0. The van der Waals surface area contributed by atoms with Crippen LogP contribution in [0.2, 0.25) is 0 Å². The summed E-state index contributed by atoms with van der Waals surface area (Å²) in [6.07, 6.45) is 2.87. The highest BCUT2D eigenvalue weighted by Gasteiger charge is 2.41. The van der Waals surface area contributed by atoms with Crippen molar-refractivity contribution in [2.24, 2.45) is 4.99 Å². The Morgan fingerprint density at radius 2 is 1.42 bits per heavy atom. The van der Waals surface area contributed by atoms with Crippen LogP contribution >= 0.6 is 7.82 Å². The summed E-state index contributed by atoms with van der Waals surface area (Å²) in [5, 5.41) is 8.85. The number of phosphoric ester groups is 1. The number of methoxy groups -OCH3 is 3. The van der Waals surface area contributed by atoms with Crippen molar-refractivity contribution in [1.29, 1.82) is 0 Å². The summed E-state index contributed by atoms with van der Waals surface area (Å²) >= 11 is 0. The number of ether oxygens (including phenoxy) is 3. The molecule has 4 aromatic rings. The quantitative estimate of drug-likeness (QED) is 0.0900. The van der Waals surface area contributed by atoms with Crippen LogP contribution in [-0.2, 0) is 39.3 Å². The fourth-order valence-corrected chi connectivity index (χ4v) is 8.92. The number of aromatic amines is 1. The van der Waals surface area contributed by atoms with Crippen LogP contribution in [0, 0.1) is 0 Å². The Kier molecular flexibility index (Phi) is 14.9. The highest BCUT2D eigenvalue weighted by Crippen LogP contribution is 2.42. The number of likely N-dealkylation sites (tertiary alicyclic amines) is 2. The van der Waals surface area contributed by atoms with Gasteiger partial charge in [0.2, 0.25) is 11.8 Å². The van der Waals surface area contributed by atoms with Gasteiger partial charge in [-0.3, -0.25) is 24.0 Å². The molecule has 346 valence electrons. The molecule has 7 atom stereocenters. The summed E-state index contributed by atoms with van der Waals surface area (Å²) in [5.41, 5.74) is 5.52. The van der Waals surface area contributed by atoms with Crippen molar-refractivity contribution in [2.75, 3.05) is 48.1 Å². The molecular formula is C45H55N8O11P. The van der Waals surface area contributed by atoms with Crippen LogP contribution < -0.4 is 20.5 Å². The number of amidine groups is 1. The SMILES string of the molecule is COC(=O)N[C@@H](Cc1ccc(OP(=O)(O)OC)cc1)C(=O)N1CCC[C@H]1c1ncc(-c2ccc(-c3ccc(C4CN=C([C@@H]5CCCN5C(=O)[C@@H](NC(=O)OC)[C@@H](C)OC)N4)cc3)cc2)[nH]1. The number of aromatic nitrogens is 2. The molecule has 2 unspecified atom stereocenters. The predicted octanol–water partition coefficient (Wildman–Crippen LogP) is 5.29. The maximum atomic E-state index is 14.1. The first-order valence-electron chi connectivity index (χ1n) is 21.4. The molecular weight excluding hydrogens is 860 g/mol. The molecule has 4 amide bonds. The lowest BCUT2D eigenvalue weighted by molar-refractivity contribution is -0.136. The van der Waals surface area contributed by atoms with Crippen molar-refractivity contribution in [3.63, 3.8) is 0 Å². The Bertz CT molecular complexity index is 2400. The van der Waals surface area contributed by atoms with E-state index in [0.717, 1.165) is 60.2 Å². The molecule has 3 aliphatic rings. The predicted molar refractivity (Wildman–Crippen MR) is 239 cm³/mol. The number of amides is 4. The molecule has 2 fully saturated rings. The van der Waals surface area contributed by atoms with Gasteiger partial charge in [-0.15, -0.1) is 0 Å². The van der Waals surface area contributed by atoms with Gasteiger partial charge in [0.1, 0.15) is 29.5 Å². The molecule has 65 heavy (non-hydrogen) atoms. The second-order valence-electron chi connectivity index (χ2n) is 16.0. The van der Waals surface area contributed by atoms with E-state index in [1.807, 2.05) is 24.3 Å². The number of aliphatic imine (C=N–C) groups is 1. The molecule has 0 radical (unpaired) electrons. The number of nitrogens with zero attached hydrogens (tertiary/aromatic N) is 4. The van der Waals surface area contributed by atoms with Crippen molar-refractivity contribution >= 4 is 37.7 Å². The second kappa shape index (κ2) is 20.7. The number of nitrogens with one attached hydrogen (secondary N) is 4. The Labute approximate surface area is 376 Å². The first kappa shape index (κ1) is 46.7. The van der Waals surface area contributed by atoms with Gasteiger partial charge in [0.05, 0.1) is 56.9 Å². The first-order valence-corrected chi connectivity index (χ1v) is 22.9. The number of hydrogen-bond acceptors (Lipinski definition) is 13. The van der Waals surface area contributed by atoms with Gasteiger partial charge in [0.15, 0.2) is 0 Å². The third kappa shape index (κ3) is 11.0. The fraction of sp³-hybridized carbons (Fsp3) is 0.422. The summed E-state index contributed by atoms with van der Waals surface area (Å²) in [4.78, 5) is 78.2. The van der Waals surface area contributed by atoms with E-state index in [1.54, 1.807) is 35.1 Å². The van der Waals surface area contributed by atoms with E-state index in [-0.39, 0.29) is 42.1 Å². The van der Waals surface area contributed by atoms with Gasteiger partial charge in [0, 0.05) is 33.7 Å². The van der Waals surface area contributed by atoms with E-state index in [2.05, 4.69) is 54.7 Å². The summed E-state index contributed by atoms with van der Waals surface area (Å²) in [5.74, 6) is 0.961. The fourth-order valence-electron chi connectivity index (χ4n) is 8.46. The number of imidazole rings is 1. The van der Waals surface area contributed by atoms with Crippen molar-refractivity contribution < 1.29 is 51.9 Å². The number of H-pyrrole nitrogens is 1. The highest BCUT2D eigenvalue weighted by atomic mass is 31.2. The zero-order valence-electron chi connectivity index (χ0n) is 36.9. The minimum absolute atomic E-state index is 0.0529. The molecule has 1 aromatic heterocycles. The monoisotopic (exact) mass is 914 g/mol. The summed E-state index contributed by atoms with van der Waals surface area (Å²) < 4.78 is 36.3. The van der Waals surface area contributed by atoms with Gasteiger partial charge in [-0.1, -0.05) is 60.7 Å². The van der Waals surface area contributed by atoms with Crippen LogP contribution in [0.1, 0.15) is 61.6 Å². The smallest absolute Gasteiger partial charge is 0.453 e. The molecule has 7 rings (SSSR count). The molecule has 3 aliphatic heterocycles. The molecule has 4 heterocycles. The third-order valence-electron chi connectivity index (χ3n) is 12.1. The Balaban J connectivity index is 0.966. The van der Waals surface area contributed by atoms with E-state index >= 15 is 0 Å². The number of hydrogen-bond donors (Lipinski definition) is 5. The lowest BCUT2D eigenvalue weighted by atomic mass is 9.99. The average Bonchev–Trinajstić information content (AvgIpc) is 4.18. The lowest BCUT2D eigenvalue weighted by Gasteiger charge is -2.31. The number of phosphoric acid groups is 1. The van der Waals surface area contributed by atoms with Crippen molar-refractivity contribution in [3.8, 4) is 28.1 Å². The van der Waals surface area contributed by atoms with Gasteiger partial charge in [-0.25, -0.2) is 19.1 Å². The van der Waals surface area contributed by atoms with Gasteiger partial charge < -0.3 is 49.5 Å². The number of carbonyl (C=O) groups excluding carboxylic acids is 4. The van der Waals surface area contributed by atoms with E-state index in [9.17, 15) is 28.6 Å². The Hall–Kier alpha value is -6.27. The Morgan fingerprint density at radius 3 is 2.05 bits per heavy atom. The van der Waals surface area contributed by atoms with E-state index in [0.29, 0.717) is 37.4 Å². The average molecular weight is 915 g/mol. The molecule has 0 saturated carbocycles. The van der Waals surface area contributed by atoms with Crippen LogP contribution in [0.5, 0.6) is 5.75 Å². The van der Waals surface area contributed by atoms with Gasteiger partial charge >= 0.3 is 20.0 Å². The van der Waals surface area contributed by atoms with Crippen LogP contribution in [0.4, 0.5) is 9.59 Å². The zero-order chi connectivity index (χ0) is 46.3. The summed E-state index contributed by atoms with van der Waals surface area (Å²) in [6, 6.07) is 20.2. The molecule has 5 N–H and O–H groups in total. The standard InChI is InChI=1S/C45H55N8O11P/c1-27(60-2)39(51-45(57)62-4)43(55)53-23-7-9-38(53)41-47-26-36(49-41)32-18-14-30(15-19-32)29-12-16-31(17-13-29)35-25-46-40(48-35)37-8-6-22-52(37)42(54)34(50-44(56)61-3)24-28-10-20-33(21-11-28)64-65(58,59)63-5/h10-21,25,27,34,36-39H,6-9,22-24,26H2,1-5H3,(H,46,48)(H,47,49)(H,50,56)(H,51,57)(H,58,59)/t27-,34+,36?,37+,38+,39+/m1/s1. The minimum Gasteiger partial charge on any atom is -0.453 e. The molecule has 19 nitrogen and oxygen atoms in total. The Morgan fingerprint density at radius 1 is 0.815 bits per heavy atom. The summed E-state index contributed by atoms with van der Waals surface area (Å²) in [6.45, 7) is 3.28. The van der Waals surface area contributed by atoms with E-state index < -0.39 is 38.2 Å². The van der Waals surface area contributed by atoms with Crippen LogP contribution in [0.25, 0.3) is 22.4 Å². The first-order chi connectivity index (χ1) is 31.3. The molecule has 0 spiro atoms. The molecule has 3 aromatic carbocycles. The lowest BCUT2D eigenvalue weighted by Crippen LogP contribution is -2.57. The highest BCUT2D eigenvalue weighted by molar-refractivity contribution is 7.47. The topological polar surface area (TPSA) is 235 Å². The molecule has 0 aliphatic carbocycles. The van der Waals surface area contributed by atoms with E-state index in [4.69, 9.17) is 23.7 Å².